The zero-order valence-corrected chi connectivity index (χ0v) is 40.6. The quantitative estimate of drug-likeness (QED) is 0.0197. The molecule has 6 atom stereocenters. The van der Waals surface area contributed by atoms with E-state index in [0.29, 0.717) is 13.0 Å². The largest absolute Gasteiger partial charge is 0.457 e. The van der Waals surface area contributed by atoms with Crippen molar-refractivity contribution in [3.63, 3.8) is 0 Å². The lowest BCUT2D eigenvalue weighted by Crippen LogP contribution is -2.60. The molecule has 0 aromatic heterocycles. The van der Waals surface area contributed by atoms with E-state index in [4.69, 9.17) is 18.9 Å². The van der Waals surface area contributed by atoms with Gasteiger partial charge in [-0.2, -0.15) is 8.42 Å². The first kappa shape index (κ1) is 59.8. The van der Waals surface area contributed by atoms with Crippen molar-refractivity contribution >= 4 is 16.4 Å². The van der Waals surface area contributed by atoms with E-state index in [1.54, 1.807) is 0 Å². The van der Waals surface area contributed by atoms with Gasteiger partial charge in [-0.3, -0.25) is 9.35 Å². The molecule has 1 fully saturated rings. The highest BCUT2D eigenvalue weighted by Gasteiger charge is 2.48. The second kappa shape index (κ2) is 42.2. The average Bonchev–Trinajstić information content (AvgIpc) is 3.27. The van der Waals surface area contributed by atoms with E-state index in [0.717, 1.165) is 89.9 Å². The molecule has 64 heavy (non-hydrogen) atoms. The van der Waals surface area contributed by atoms with Gasteiger partial charge in [0.05, 0.1) is 19.8 Å². The third-order valence-corrected chi connectivity index (χ3v) is 11.6. The number of ether oxygens (including phenoxy) is 4. The molecule has 372 valence electrons. The summed E-state index contributed by atoms with van der Waals surface area (Å²) in [5.41, 5.74) is 0. The molecule has 0 bridgehead atoms. The van der Waals surface area contributed by atoms with Crippen molar-refractivity contribution in [2.75, 3.05) is 26.4 Å². The molecule has 4 N–H and O–H groups in total. The number of hydrogen-bond donors (Lipinski definition) is 4. The molecule has 6 unspecified atom stereocenters. The van der Waals surface area contributed by atoms with Gasteiger partial charge in [-0.25, -0.2) is 4.18 Å². The first-order valence-corrected chi connectivity index (χ1v) is 26.4. The van der Waals surface area contributed by atoms with Gasteiger partial charge in [-0.05, 0) is 77.0 Å². The fourth-order valence-electron chi connectivity index (χ4n) is 7.36. The predicted molar refractivity (Wildman–Crippen MR) is 257 cm³/mol. The van der Waals surface area contributed by atoms with Crippen molar-refractivity contribution in [2.45, 2.75) is 230 Å². The van der Waals surface area contributed by atoms with Crippen LogP contribution in [0.25, 0.3) is 0 Å². The number of aliphatic hydroxyl groups excluding tert-OH is 3. The predicted octanol–water partition coefficient (Wildman–Crippen LogP) is 11.3. The summed E-state index contributed by atoms with van der Waals surface area (Å²) in [6, 6.07) is 0. The molecule has 12 nitrogen and oxygen atoms in total. The van der Waals surface area contributed by atoms with Gasteiger partial charge in [-0.1, -0.05) is 171 Å². The minimum absolute atomic E-state index is 0.0266. The van der Waals surface area contributed by atoms with E-state index in [2.05, 4.69) is 78.8 Å². The summed E-state index contributed by atoms with van der Waals surface area (Å²) in [5.74, 6) is -0.411. The summed E-state index contributed by atoms with van der Waals surface area (Å²) in [7, 11) is -5.07. The summed E-state index contributed by atoms with van der Waals surface area (Å²) in [5, 5.41) is 30.7. The smallest absolute Gasteiger partial charge is 0.397 e. The molecule has 0 saturated carbocycles. The van der Waals surface area contributed by atoms with Crippen LogP contribution in [0.4, 0.5) is 0 Å². The fraction of sp³-hybridized carbons (Fsp3) is 0.784. The summed E-state index contributed by atoms with van der Waals surface area (Å²) in [6.07, 6.45) is 43.9. The number of rotatable bonds is 43. The number of carbonyl (C=O) groups is 1. The first-order chi connectivity index (χ1) is 31.1. The third-order valence-electron chi connectivity index (χ3n) is 11.1. The molecule has 0 radical (unpaired) electrons. The lowest BCUT2D eigenvalue weighted by molar-refractivity contribution is -0.301. The molecular formula is C51H90O12S. The van der Waals surface area contributed by atoms with Gasteiger partial charge in [-0.15, -0.1) is 0 Å². The van der Waals surface area contributed by atoms with Crippen LogP contribution >= 0.6 is 0 Å². The molecule has 0 aromatic carbocycles. The molecular weight excluding hydrogens is 837 g/mol. The third kappa shape index (κ3) is 35.1. The van der Waals surface area contributed by atoms with Gasteiger partial charge in [0.1, 0.15) is 30.5 Å². The van der Waals surface area contributed by atoms with Crippen molar-refractivity contribution in [1.29, 1.82) is 0 Å². The summed E-state index contributed by atoms with van der Waals surface area (Å²) >= 11 is 0. The minimum atomic E-state index is -5.07. The van der Waals surface area contributed by atoms with E-state index in [1.807, 2.05) is 0 Å². The maximum absolute atomic E-state index is 12.9. The number of hydrogen-bond acceptors (Lipinski definition) is 11. The number of esters is 1. The van der Waals surface area contributed by atoms with Gasteiger partial charge in [0, 0.05) is 13.0 Å². The molecule has 1 rings (SSSR count). The van der Waals surface area contributed by atoms with Crippen molar-refractivity contribution in [3.8, 4) is 0 Å². The molecule has 0 amide bonds. The zero-order valence-electron chi connectivity index (χ0n) is 39.8. The van der Waals surface area contributed by atoms with Crippen molar-refractivity contribution in [2.24, 2.45) is 0 Å². The minimum Gasteiger partial charge on any atom is -0.457 e. The molecule has 1 aliphatic rings. The van der Waals surface area contributed by atoms with E-state index < -0.39 is 59.8 Å². The molecule has 1 heterocycles. The van der Waals surface area contributed by atoms with Gasteiger partial charge >= 0.3 is 16.4 Å². The standard InChI is InChI=1S/C51H90O12S/c1-3-5-7-9-11-13-15-17-19-20-21-22-23-24-25-27-29-31-33-35-37-39-41-59-43-45(44-60-51-49(55)50(63-64(56,57)58)48(54)46(42-52)62-51)61-47(53)40-38-36-34-32-30-28-26-18-16-14-12-10-8-6-4-2/h5,7,11,13,17-19,21-22,26,45-46,48-52,54-55H,3-4,6,8-10,12,14-16,20,23-25,27-44H2,1-2H3,(H,56,57,58)/b7-5-,13-11-,19-17-,22-21-,26-18-. The highest BCUT2D eigenvalue weighted by Crippen LogP contribution is 2.26. The van der Waals surface area contributed by atoms with E-state index >= 15 is 0 Å². The topological polar surface area (TPSA) is 178 Å². The first-order valence-electron chi connectivity index (χ1n) is 25.0. The number of unbranched alkanes of at least 4 members (excludes halogenated alkanes) is 20. The summed E-state index contributed by atoms with van der Waals surface area (Å²) in [4.78, 5) is 12.9. The van der Waals surface area contributed by atoms with E-state index in [1.165, 1.54) is 77.0 Å². The Kier molecular flexibility index (Phi) is 39.4. The van der Waals surface area contributed by atoms with Gasteiger partial charge in [0.2, 0.25) is 0 Å². The molecule has 0 spiro atoms. The monoisotopic (exact) mass is 927 g/mol. The van der Waals surface area contributed by atoms with Gasteiger partial charge in [0.25, 0.3) is 0 Å². The van der Waals surface area contributed by atoms with Crippen LogP contribution in [0.5, 0.6) is 0 Å². The van der Waals surface area contributed by atoms with Crippen LogP contribution in [0.2, 0.25) is 0 Å². The second-order valence-corrected chi connectivity index (χ2v) is 18.1. The highest BCUT2D eigenvalue weighted by molar-refractivity contribution is 7.80. The van der Waals surface area contributed by atoms with Crippen LogP contribution in [-0.4, -0.2) is 97.5 Å². The van der Waals surface area contributed by atoms with Crippen molar-refractivity contribution in [1.82, 2.24) is 0 Å². The Balaban J connectivity index is 2.37. The number of aliphatic hydroxyl groups is 3. The second-order valence-electron chi connectivity index (χ2n) is 17.0. The molecule has 0 aliphatic carbocycles. The number of carbonyl (C=O) groups excluding carboxylic acids is 1. The van der Waals surface area contributed by atoms with Gasteiger partial charge in [0.15, 0.2) is 6.29 Å². The van der Waals surface area contributed by atoms with Crippen molar-refractivity contribution in [3.05, 3.63) is 60.8 Å². The Bertz CT molecular complexity index is 1350. The molecule has 0 aromatic rings. The normalized spacial score (nSPS) is 20.2. The van der Waals surface area contributed by atoms with Crippen LogP contribution in [0.15, 0.2) is 60.8 Å². The van der Waals surface area contributed by atoms with E-state index in [-0.39, 0.29) is 19.6 Å². The van der Waals surface area contributed by atoms with Gasteiger partial charge < -0.3 is 34.3 Å². The zero-order chi connectivity index (χ0) is 46.8. The highest BCUT2D eigenvalue weighted by atomic mass is 32.3. The van der Waals surface area contributed by atoms with Crippen LogP contribution in [0.1, 0.15) is 194 Å². The average molecular weight is 927 g/mol. The Morgan fingerprint density at radius 2 is 1.08 bits per heavy atom. The Morgan fingerprint density at radius 3 is 1.59 bits per heavy atom. The molecule has 13 heteroatoms. The van der Waals surface area contributed by atoms with Crippen LogP contribution < -0.4 is 0 Å². The SMILES string of the molecule is CC/C=C\C/C=C\C/C=C\C/C=C\CCCCCCCCCCCOCC(COC1OC(CO)C(O)C(OS(=O)(=O)O)C1O)OC(=O)CCCCCCC/C=C\CCCCCCCC. The Hall–Kier alpha value is -2.20. The van der Waals surface area contributed by atoms with Crippen LogP contribution in [-0.2, 0) is 38.3 Å². The summed E-state index contributed by atoms with van der Waals surface area (Å²) in [6.45, 7) is 3.85. The summed E-state index contributed by atoms with van der Waals surface area (Å²) < 4.78 is 59.2. The molecule has 1 aliphatic heterocycles. The Labute approximate surface area is 388 Å². The maximum Gasteiger partial charge on any atom is 0.397 e. The number of allylic oxidation sites excluding steroid dienone is 10. The maximum atomic E-state index is 12.9. The lowest BCUT2D eigenvalue weighted by atomic mass is 9.99. The molecule has 1 saturated heterocycles. The fourth-order valence-corrected chi connectivity index (χ4v) is 7.87. The van der Waals surface area contributed by atoms with Crippen LogP contribution in [0, 0.1) is 0 Å². The lowest BCUT2D eigenvalue weighted by Gasteiger charge is -2.41. The van der Waals surface area contributed by atoms with Crippen LogP contribution in [0.3, 0.4) is 0 Å². The van der Waals surface area contributed by atoms with E-state index in [9.17, 15) is 33.1 Å². The van der Waals surface area contributed by atoms with Crippen molar-refractivity contribution < 1.29 is 56.2 Å². The Morgan fingerprint density at radius 1 is 0.609 bits per heavy atom.